The first-order valence-corrected chi connectivity index (χ1v) is 46.9. The van der Waals surface area contributed by atoms with Gasteiger partial charge in [0.15, 0.2) is 0 Å². The van der Waals surface area contributed by atoms with Gasteiger partial charge in [0.2, 0.25) is 0 Å². The number of carboxylic acid groups (broad SMARTS) is 2. The number of aliphatic hydroxyl groups is 5. The Kier molecular flexibility index (Phi) is 100.0. The fourth-order valence-corrected chi connectivity index (χ4v) is 11.9. The number of hydrogen-bond acceptors (Lipinski definition) is 31. The fourth-order valence-electron chi connectivity index (χ4n) is 10.3. The molecule has 0 spiro atoms. The van der Waals surface area contributed by atoms with Crippen molar-refractivity contribution in [1.29, 1.82) is 10.5 Å². The number of carbonyl (C=O) groups excluding carboxylic acids is 1. The fraction of sp³-hybridized carbons (Fsp3) is 0.923. The summed E-state index contributed by atoms with van der Waals surface area (Å²) in [6.07, 6.45) is 11.2. The van der Waals surface area contributed by atoms with Crippen LogP contribution in [0.2, 0.25) is 0 Å². The summed E-state index contributed by atoms with van der Waals surface area (Å²) >= 11 is 0. The number of aliphatic hydroxyl groups excluding tert-OH is 5. The Balaban J connectivity index is -0.000000345. The van der Waals surface area contributed by atoms with E-state index in [0.717, 1.165) is 45.3 Å². The van der Waals surface area contributed by atoms with Crippen LogP contribution in [0.3, 0.4) is 0 Å². The molecule has 0 radical (unpaired) electrons. The van der Waals surface area contributed by atoms with Crippen LogP contribution in [-0.2, 0) is 114 Å². The van der Waals surface area contributed by atoms with E-state index < -0.39 is 27.2 Å². The Labute approximate surface area is 754 Å². The SMILES string of the molecule is C#CCCOCC(COCCC#N)(COCCC#N)C(C)C.CC(=O)CCOCC(COCCC(=O)O)(COCCC(=O)O)C(C)C.CCCOCC(COCCO)(COCCO)C(C)C.CCCOCCOCC(COCCOCCO)(COCCOCCO)C(C)C.CCCOCCOCC(COCCOCCO)C(C)C.CCCS(=O)(=O)CCC(C)C. The van der Waals surface area contributed by atoms with Crippen molar-refractivity contribution >= 4 is 27.6 Å². The first kappa shape index (κ1) is 132. The maximum Gasteiger partial charge on any atom is 0.305 e. The molecule has 1 atom stereocenters. The molecule has 0 fully saturated rings. The number of carboxylic acids is 2. The lowest BCUT2D eigenvalue weighted by atomic mass is 9.79. The van der Waals surface area contributed by atoms with Gasteiger partial charge in [-0.05, 0) is 74.5 Å². The molecule has 0 aliphatic heterocycles. The summed E-state index contributed by atoms with van der Waals surface area (Å²) in [5, 5.41) is 78.2. The molecule has 0 amide bonds. The van der Waals surface area contributed by atoms with Gasteiger partial charge in [-0.25, -0.2) is 8.42 Å². The normalized spacial score (nSPS) is 12.0. The highest BCUT2D eigenvalue weighted by Gasteiger charge is 2.39. The number of aliphatic carboxylic acids is 2. The molecule has 0 aliphatic rings. The van der Waals surface area contributed by atoms with Crippen molar-refractivity contribution in [1.82, 2.24) is 0 Å². The number of ether oxygens (including phenoxy) is 19. The average molecular weight is 1830 g/mol. The van der Waals surface area contributed by atoms with Crippen LogP contribution in [0, 0.1) is 98.1 Å². The van der Waals surface area contributed by atoms with Crippen molar-refractivity contribution in [3.8, 4) is 24.5 Å². The number of ketones is 1. The van der Waals surface area contributed by atoms with Crippen LogP contribution in [0.4, 0.5) is 0 Å². The van der Waals surface area contributed by atoms with Crippen LogP contribution in [0.15, 0.2) is 0 Å². The predicted molar refractivity (Wildman–Crippen MR) is 481 cm³/mol. The zero-order valence-corrected chi connectivity index (χ0v) is 81.3. The third kappa shape index (κ3) is 85.4. The second-order valence-electron chi connectivity index (χ2n) is 32.4. The minimum absolute atomic E-state index is 0.00999. The van der Waals surface area contributed by atoms with Crippen LogP contribution < -0.4 is 0 Å². The molecule has 0 aliphatic carbocycles. The molecule has 0 aromatic heterocycles. The van der Waals surface area contributed by atoms with Crippen molar-refractivity contribution in [3.05, 3.63) is 0 Å². The number of nitrogens with zero attached hydrogens (tertiary/aromatic N) is 2. The molecule has 0 saturated heterocycles. The van der Waals surface area contributed by atoms with Crippen molar-refractivity contribution < 1.29 is 149 Å². The molecule has 0 heterocycles. The second kappa shape index (κ2) is 94.8. The summed E-state index contributed by atoms with van der Waals surface area (Å²) in [6.45, 7) is 52.2. The smallest absolute Gasteiger partial charge is 0.305 e. The number of terminal acetylenes is 1. The molecular formula is C91H178N2O31S. The Bertz CT molecular complexity index is 2380. The van der Waals surface area contributed by atoms with Gasteiger partial charge in [-0.2, -0.15) is 10.5 Å². The second-order valence-corrected chi connectivity index (χ2v) is 34.7. The number of nitriles is 2. The number of sulfone groups is 1. The lowest BCUT2D eigenvalue weighted by molar-refractivity contribution is -0.140. The van der Waals surface area contributed by atoms with E-state index in [1.165, 1.54) is 6.92 Å². The topological polar surface area (TPSA) is 450 Å². The standard InChI is InChI=1S/C20H42O8.C17H26N2O3.C17H30O8.C15H32O5.C14H30O5.C8H18O2S/c1-4-7-23-10-13-26-16-20(19(2)3,17-27-14-11-24-8-5-21)18-28-15-12-25-9-6-22;1-4-5-10-20-13-17(16(2)3,14-21-11-6-8-18)15-22-12-7-9-19;1-13(2)17(10-23-7-4-14(3)18,11-24-8-5-15(19)20)12-25-9-6-16(21)22;1-4-6-17-8-10-19-12-15(14(2)3)13-20-11-9-18-7-5-16;1-4-7-17-10-14(13(2)3,11-18-8-5-15)12-19-9-6-16;1-4-6-11(9,10)7-5-8(2)3/h19,21-22H,4-18H2,1-3H3;1,16H,5-7,10-15H2,2-3H3;13H,4-12H2,1-3H3,(H,19,20)(H,21,22);14-16H,4-13H2,1-3H3;13,15-16H,4-12H2,1-3H3;8H,4-7H2,1-3H3. The van der Waals surface area contributed by atoms with Crippen molar-refractivity contribution in [3.63, 3.8) is 0 Å². The predicted octanol–water partition coefficient (Wildman–Crippen LogP) is 9.92. The van der Waals surface area contributed by atoms with E-state index in [4.69, 9.17) is 143 Å². The van der Waals surface area contributed by atoms with Crippen LogP contribution in [0.5, 0.6) is 0 Å². The molecule has 34 heteroatoms. The van der Waals surface area contributed by atoms with Crippen LogP contribution in [-0.4, -0.2) is 357 Å². The van der Waals surface area contributed by atoms with Gasteiger partial charge >= 0.3 is 11.9 Å². The molecule has 0 saturated carbocycles. The molecule has 33 nitrogen and oxygen atoms in total. The maximum atomic E-state index is 11.1. The molecule has 0 bridgehead atoms. The van der Waals surface area contributed by atoms with Crippen LogP contribution >= 0.6 is 0 Å². The molecule has 0 aromatic rings. The molecule has 125 heavy (non-hydrogen) atoms. The molecule has 1 unspecified atom stereocenters. The summed E-state index contributed by atoms with van der Waals surface area (Å²) < 4.78 is 128. The van der Waals surface area contributed by atoms with Crippen LogP contribution in [0.1, 0.15) is 188 Å². The molecule has 7 N–H and O–H groups in total. The summed E-state index contributed by atoms with van der Waals surface area (Å²) in [4.78, 5) is 32.2. The Morgan fingerprint density at radius 1 is 0.328 bits per heavy atom. The highest BCUT2D eigenvalue weighted by Crippen LogP contribution is 2.33. The molecule has 744 valence electrons. The summed E-state index contributed by atoms with van der Waals surface area (Å²) in [6, 6.07) is 4.11. The molecule has 0 aromatic carbocycles. The van der Waals surface area contributed by atoms with E-state index in [9.17, 15) is 22.8 Å². The van der Waals surface area contributed by atoms with E-state index in [2.05, 4.69) is 94.2 Å². The van der Waals surface area contributed by atoms with E-state index in [1.807, 2.05) is 34.6 Å². The quantitative estimate of drug-likeness (QED) is 0.0220. The first-order valence-electron chi connectivity index (χ1n) is 45.1. The van der Waals surface area contributed by atoms with Gasteiger partial charge in [0.25, 0.3) is 0 Å². The van der Waals surface area contributed by atoms with Gasteiger partial charge < -0.3 is 126 Å². The Hall–Kier alpha value is -3.86. The van der Waals surface area contributed by atoms with Gasteiger partial charge in [-0.1, -0.05) is 111 Å². The van der Waals surface area contributed by atoms with Crippen molar-refractivity contribution in [2.45, 2.75) is 188 Å². The Morgan fingerprint density at radius 2 is 0.568 bits per heavy atom. The van der Waals surface area contributed by atoms with Gasteiger partial charge in [0.05, 0.1) is 308 Å². The highest BCUT2D eigenvalue weighted by atomic mass is 32.2. The number of rotatable bonds is 84. The highest BCUT2D eigenvalue weighted by molar-refractivity contribution is 7.91. The first-order chi connectivity index (χ1) is 59.8. The molecule has 0 rings (SSSR count). The Morgan fingerprint density at radius 3 is 0.816 bits per heavy atom. The molecular weight excluding hydrogens is 1650 g/mol. The van der Waals surface area contributed by atoms with Crippen LogP contribution in [0.25, 0.3) is 0 Å². The lowest BCUT2D eigenvalue weighted by Gasteiger charge is -2.37. The average Bonchev–Trinajstić information content (AvgIpc) is 0.864. The number of hydrogen-bond donors (Lipinski definition) is 7. The monoisotopic (exact) mass is 1830 g/mol. The summed E-state index contributed by atoms with van der Waals surface area (Å²) in [5.74, 6) is 3.75. The van der Waals surface area contributed by atoms with Gasteiger partial charge in [-0.3, -0.25) is 14.4 Å². The minimum Gasteiger partial charge on any atom is -0.481 e. The zero-order chi connectivity index (χ0) is 95.4. The van der Waals surface area contributed by atoms with Gasteiger partial charge in [0, 0.05) is 66.0 Å². The summed E-state index contributed by atoms with van der Waals surface area (Å²) in [5.41, 5.74) is -1.38. The maximum absolute atomic E-state index is 11.1. The van der Waals surface area contributed by atoms with E-state index >= 15 is 0 Å². The van der Waals surface area contributed by atoms with E-state index in [0.29, 0.717) is 259 Å². The van der Waals surface area contributed by atoms with Crippen molar-refractivity contribution in [2.24, 2.45) is 63.1 Å². The van der Waals surface area contributed by atoms with Gasteiger partial charge in [-0.15, -0.1) is 12.3 Å². The van der Waals surface area contributed by atoms with E-state index in [1.54, 1.807) is 0 Å². The third-order valence-electron chi connectivity index (χ3n) is 19.4. The van der Waals surface area contributed by atoms with Crippen molar-refractivity contribution in [2.75, 3.05) is 296 Å². The summed E-state index contributed by atoms with van der Waals surface area (Å²) in [7, 11) is -2.73. The third-order valence-corrected chi connectivity index (χ3v) is 21.3. The van der Waals surface area contributed by atoms with Gasteiger partial charge in [0.1, 0.15) is 15.6 Å². The minimum atomic E-state index is -2.73. The lowest BCUT2D eigenvalue weighted by Crippen LogP contribution is -2.43. The number of carbonyl (C=O) groups is 3. The largest absolute Gasteiger partial charge is 0.481 e. The number of Topliss-reactive ketones (excluding diaryl/α,β-unsaturated/α-hetero) is 1. The zero-order valence-electron chi connectivity index (χ0n) is 80.4. The van der Waals surface area contributed by atoms with E-state index in [-0.39, 0.29) is 125 Å².